The third-order valence-electron chi connectivity index (χ3n) is 4.19. The van der Waals surface area contributed by atoms with Crippen LogP contribution in [0.1, 0.15) is 51.9 Å². The van der Waals surface area contributed by atoms with Crippen LogP contribution in [-0.2, 0) is 4.74 Å². The second kappa shape index (κ2) is 6.00. The van der Waals surface area contributed by atoms with E-state index in [1.165, 1.54) is 62.0 Å². The van der Waals surface area contributed by atoms with Crippen LogP contribution in [0.3, 0.4) is 0 Å². The van der Waals surface area contributed by atoms with Crippen LogP contribution in [0.15, 0.2) is 11.8 Å². The van der Waals surface area contributed by atoms with Crippen LogP contribution in [0.4, 0.5) is 0 Å². The van der Waals surface area contributed by atoms with Gasteiger partial charge < -0.3 is 4.74 Å². The zero-order chi connectivity index (χ0) is 11.3. The SMILES string of the molecule is CCC1(COC=C2CCCC2)CCSCC1. The fraction of sp³-hybridized carbons (Fsp3) is 0.857. The van der Waals surface area contributed by atoms with Crippen LogP contribution in [0, 0.1) is 5.41 Å². The van der Waals surface area contributed by atoms with E-state index in [0.717, 1.165) is 6.61 Å². The standard InChI is InChI=1S/C14H24OS/c1-2-14(7-9-16-10-8-14)12-15-11-13-5-3-4-6-13/h11H,2-10,12H2,1H3. The lowest BCUT2D eigenvalue weighted by atomic mass is 9.80. The van der Waals surface area contributed by atoms with E-state index < -0.39 is 0 Å². The maximum Gasteiger partial charge on any atom is 0.0929 e. The average Bonchev–Trinajstić information content (AvgIpc) is 2.83. The minimum atomic E-state index is 0.487. The molecule has 0 aromatic heterocycles. The molecule has 0 spiro atoms. The van der Waals surface area contributed by atoms with Crippen LogP contribution in [0.25, 0.3) is 0 Å². The highest BCUT2D eigenvalue weighted by molar-refractivity contribution is 7.99. The second-order valence-corrected chi connectivity index (χ2v) is 6.48. The topological polar surface area (TPSA) is 9.23 Å². The van der Waals surface area contributed by atoms with E-state index >= 15 is 0 Å². The highest BCUT2D eigenvalue weighted by Gasteiger charge is 2.30. The van der Waals surface area contributed by atoms with Crippen molar-refractivity contribution in [1.82, 2.24) is 0 Å². The summed E-state index contributed by atoms with van der Waals surface area (Å²) in [6.07, 6.45) is 11.3. The maximum absolute atomic E-state index is 5.88. The molecular formula is C14H24OS. The van der Waals surface area contributed by atoms with Gasteiger partial charge in [-0.25, -0.2) is 0 Å². The summed E-state index contributed by atoms with van der Waals surface area (Å²) in [5, 5.41) is 0. The van der Waals surface area contributed by atoms with E-state index in [-0.39, 0.29) is 0 Å². The molecule has 1 nitrogen and oxygen atoms in total. The largest absolute Gasteiger partial charge is 0.501 e. The lowest BCUT2D eigenvalue weighted by Crippen LogP contribution is -2.30. The Hall–Kier alpha value is -0.110. The first-order valence-electron chi connectivity index (χ1n) is 6.72. The maximum atomic E-state index is 5.88. The highest BCUT2D eigenvalue weighted by atomic mass is 32.2. The first kappa shape index (κ1) is 12.3. The molecule has 2 heteroatoms. The lowest BCUT2D eigenvalue weighted by molar-refractivity contribution is 0.0930. The van der Waals surface area contributed by atoms with Gasteiger partial charge in [-0.2, -0.15) is 11.8 Å². The van der Waals surface area contributed by atoms with Crippen LogP contribution >= 0.6 is 11.8 Å². The van der Waals surface area contributed by atoms with E-state index in [2.05, 4.69) is 24.9 Å². The molecule has 0 aromatic rings. The van der Waals surface area contributed by atoms with Crippen molar-refractivity contribution in [3.63, 3.8) is 0 Å². The summed E-state index contributed by atoms with van der Waals surface area (Å²) in [5.74, 6) is 2.65. The van der Waals surface area contributed by atoms with E-state index in [1.807, 2.05) is 0 Å². The minimum absolute atomic E-state index is 0.487. The molecule has 0 atom stereocenters. The van der Waals surface area contributed by atoms with Crippen molar-refractivity contribution >= 4 is 11.8 Å². The summed E-state index contributed by atoms with van der Waals surface area (Å²) >= 11 is 2.10. The molecule has 1 saturated heterocycles. The molecule has 2 fully saturated rings. The molecule has 92 valence electrons. The predicted octanol–water partition coefficient (Wildman–Crippen LogP) is 4.38. The molecule has 0 N–H and O–H groups in total. The molecule has 0 aromatic carbocycles. The Morgan fingerprint density at radius 1 is 1.25 bits per heavy atom. The van der Waals surface area contributed by atoms with Crippen LogP contribution in [0.5, 0.6) is 0 Å². The summed E-state index contributed by atoms with van der Waals surface area (Å²) in [7, 11) is 0. The fourth-order valence-corrected chi connectivity index (χ4v) is 4.05. The van der Waals surface area contributed by atoms with Crippen molar-refractivity contribution < 1.29 is 4.74 Å². The molecule has 2 aliphatic rings. The zero-order valence-electron chi connectivity index (χ0n) is 10.5. The fourth-order valence-electron chi connectivity index (χ4n) is 2.69. The minimum Gasteiger partial charge on any atom is -0.501 e. The number of hydrogen-bond acceptors (Lipinski definition) is 2. The number of rotatable bonds is 4. The first-order chi connectivity index (χ1) is 7.85. The molecule has 0 unspecified atom stereocenters. The lowest BCUT2D eigenvalue weighted by Gasteiger charge is -2.35. The predicted molar refractivity (Wildman–Crippen MR) is 71.8 cm³/mol. The van der Waals surface area contributed by atoms with Crippen LogP contribution in [-0.4, -0.2) is 18.1 Å². The van der Waals surface area contributed by atoms with E-state index in [0.29, 0.717) is 5.41 Å². The van der Waals surface area contributed by atoms with Crippen molar-refractivity contribution in [2.24, 2.45) is 5.41 Å². The van der Waals surface area contributed by atoms with Crippen LogP contribution < -0.4 is 0 Å². The Labute approximate surface area is 104 Å². The third-order valence-corrected chi connectivity index (χ3v) is 5.17. The Balaban J connectivity index is 1.79. The molecule has 0 amide bonds. The molecule has 1 aliphatic carbocycles. The van der Waals surface area contributed by atoms with Crippen molar-refractivity contribution in [2.45, 2.75) is 51.9 Å². The number of hydrogen-bond donors (Lipinski definition) is 0. The molecule has 2 rings (SSSR count). The van der Waals surface area contributed by atoms with Crippen LogP contribution in [0.2, 0.25) is 0 Å². The van der Waals surface area contributed by atoms with Gasteiger partial charge in [0.25, 0.3) is 0 Å². The van der Waals surface area contributed by atoms with Gasteiger partial charge in [-0.3, -0.25) is 0 Å². The van der Waals surface area contributed by atoms with Gasteiger partial charge in [0.15, 0.2) is 0 Å². The number of thioether (sulfide) groups is 1. The number of allylic oxidation sites excluding steroid dienone is 1. The molecule has 0 bridgehead atoms. The van der Waals surface area contributed by atoms with E-state index in [9.17, 15) is 0 Å². The van der Waals surface area contributed by atoms with Crippen molar-refractivity contribution in [3.8, 4) is 0 Å². The molecule has 1 heterocycles. The molecule has 16 heavy (non-hydrogen) atoms. The average molecular weight is 240 g/mol. The van der Waals surface area contributed by atoms with Gasteiger partial charge in [0, 0.05) is 5.41 Å². The molecule has 0 radical (unpaired) electrons. The molecular weight excluding hydrogens is 216 g/mol. The van der Waals surface area contributed by atoms with Gasteiger partial charge in [0.1, 0.15) is 0 Å². The van der Waals surface area contributed by atoms with Gasteiger partial charge >= 0.3 is 0 Å². The first-order valence-corrected chi connectivity index (χ1v) is 7.87. The van der Waals surface area contributed by atoms with Crippen molar-refractivity contribution in [3.05, 3.63) is 11.8 Å². The summed E-state index contributed by atoms with van der Waals surface area (Å²) in [6.45, 7) is 3.27. The quantitative estimate of drug-likeness (QED) is 0.674. The summed E-state index contributed by atoms with van der Waals surface area (Å²) in [4.78, 5) is 0. The Morgan fingerprint density at radius 2 is 1.94 bits per heavy atom. The van der Waals surface area contributed by atoms with E-state index in [4.69, 9.17) is 4.74 Å². The normalized spacial score (nSPS) is 24.4. The monoisotopic (exact) mass is 240 g/mol. The van der Waals surface area contributed by atoms with Gasteiger partial charge in [-0.1, -0.05) is 6.92 Å². The van der Waals surface area contributed by atoms with Gasteiger partial charge in [-0.15, -0.1) is 0 Å². The Kier molecular flexibility index (Phi) is 4.63. The van der Waals surface area contributed by atoms with E-state index in [1.54, 1.807) is 0 Å². The van der Waals surface area contributed by atoms with Gasteiger partial charge in [0.05, 0.1) is 12.9 Å². The van der Waals surface area contributed by atoms with Crippen molar-refractivity contribution in [1.29, 1.82) is 0 Å². The van der Waals surface area contributed by atoms with Gasteiger partial charge in [-0.05, 0) is 62.0 Å². The summed E-state index contributed by atoms with van der Waals surface area (Å²) in [6, 6.07) is 0. The Morgan fingerprint density at radius 3 is 2.56 bits per heavy atom. The summed E-state index contributed by atoms with van der Waals surface area (Å²) in [5.41, 5.74) is 2.03. The zero-order valence-corrected chi connectivity index (χ0v) is 11.3. The Bertz CT molecular complexity index is 233. The number of ether oxygens (including phenoxy) is 1. The summed E-state index contributed by atoms with van der Waals surface area (Å²) < 4.78 is 5.88. The van der Waals surface area contributed by atoms with Gasteiger partial charge in [0.2, 0.25) is 0 Å². The second-order valence-electron chi connectivity index (χ2n) is 5.26. The molecule has 1 saturated carbocycles. The highest BCUT2D eigenvalue weighted by Crippen LogP contribution is 2.38. The van der Waals surface area contributed by atoms with Crippen molar-refractivity contribution in [2.75, 3.05) is 18.1 Å². The molecule has 1 aliphatic heterocycles. The smallest absolute Gasteiger partial charge is 0.0929 e. The third kappa shape index (κ3) is 3.19.